The number of ether oxygens (including phenoxy) is 4. The van der Waals surface area contributed by atoms with Crippen LogP contribution in [0.4, 0.5) is 11.4 Å². The van der Waals surface area contributed by atoms with Crippen molar-refractivity contribution in [3.63, 3.8) is 0 Å². The van der Waals surface area contributed by atoms with Crippen molar-refractivity contribution in [3.8, 4) is 23.0 Å². The number of phenols is 1. The minimum absolute atomic E-state index is 0.00990. The van der Waals surface area contributed by atoms with Gasteiger partial charge in [0.25, 0.3) is 0 Å². The lowest BCUT2D eigenvalue weighted by atomic mass is 9.99. The normalized spacial score (nSPS) is 13.5. The number of fused-ring (bicyclic) bond motifs is 1. The topological polar surface area (TPSA) is 160 Å². The van der Waals surface area contributed by atoms with Gasteiger partial charge in [0.2, 0.25) is 17.0 Å². The Morgan fingerprint density at radius 2 is 0.940 bits per heavy atom. The molecule has 1 N–H and O–H groups in total. The zero-order valence-corrected chi connectivity index (χ0v) is 53.5. The van der Waals surface area contributed by atoms with Crippen molar-refractivity contribution in [2.24, 2.45) is 0 Å². The van der Waals surface area contributed by atoms with E-state index < -0.39 is 17.5 Å². The molecule has 0 saturated heterocycles. The van der Waals surface area contributed by atoms with Crippen molar-refractivity contribution in [2.75, 3.05) is 45.9 Å². The first-order valence-electron chi connectivity index (χ1n) is 30.0. The lowest BCUT2D eigenvalue weighted by Crippen LogP contribution is -2.26. The molecule has 0 aliphatic rings. The summed E-state index contributed by atoms with van der Waals surface area (Å²) in [6.07, 6.45) is 43.9. The quantitative estimate of drug-likeness (QED) is 0.0250. The highest BCUT2D eigenvalue weighted by Gasteiger charge is 2.26. The molecule has 0 aliphatic heterocycles. The van der Waals surface area contributed by atoms with E-state index in [9.17, 15) is 20.0 Å². The second-order valence-electron chi connectivity index (χ2n) is 22.9. The number of non-ortho nitro benzene ring substituents is 1. The van der Waals surface area contributed by atoms with Crippen LogP contribution in [-0.4, -0.2) is 67.3 Å². The average Bonchev–Trinajstić information content (AvgIpc) is 4.15. The number of carbonyl (C=O) groups is 1. The summed E-state index contributed by atoms with van der Waals surface area (Å²) in [5.41, 5.74) is 16.2. The van der Waals surface area contributed by atoms with Gasteiger partial charge in [-0.05, 0) is 221 Å². The van der Waals surface area contributed by atoms with Crippen LogP contribution in [0.3, 0.4) is 0 Å². The smallest absolute Gasteiger partial charge is 0.344 e. The lowest BCUT2D eigenvalue weighted by Gasteiger charge is -2.21. The Morgan fingerprint density at radius 3 is 1.31 bits per heavy atom. The van der Waals surface area contributed by atoms with Crippen LogP contribution in [0, 0.1) is 17.0 Å². The van der Waals surface area contributed by atoms with E-state index in [0.717, 1.165) is 109 Å². The van der Waals surface area contributed by atoms with Gasteiger partial charge >= 0.3 is 11.7 Å². The molecule has 13 heteroatoms. The van der Waals surface area contributed by atoms with Crippen molar-refractivity contribution in [1.29, 1.82) is 0 Å². The van der Waals surface area contributed by atoms with Gasteiger partial charge in [-0.25, -0.2) is 9.42 Å². The van der Waals surface area contributed by atoms with Crippen LogP contribution in [0.25, 0.3) is 11.0 Å². The first-order valence-corrected chi connectivity index (χ1v) is 30.0. The number of aromatic nitrogens is 2. The number of benzene rings is 2. The molecule has 0 aliphatic carbocycles. The summed E-state index contributed by atoms with van der Waals surface area (Å²) in [4.78, 5) is 25.4. The molecule has 456 valence electrons. The molecule has 0 radical (unpaired) electrons. The van der Waals surface area contributed by atoms with Crippen molar-refractivity contribution < 1.29 is 38.4 Å². The molecular formula is C70H102N4O9. The van der Waals surface area contributed by atoms with Gasteiger partial charge in [-0.1, -0.05) is 116 Å². The molecule has 0 unspecified atom stereocenters. The zero-order valence-electron chi connectivity index (χ0n) is 53.5. The second kappa shape index (κ2) is 38.8. The number of nitrogens with zero attached hydrogens (tertiary/aromatic N) is 4. The van der Waals surface area contributed by atoms with Crippen molar-refractivity contribution in [3.05, 3.63) is 150 Å². The largest absolute Gasteiger partial charge is 0.504 e. The van der Waals surface area contributed by atoms with Gasteiger partial charge in [-0.2, -0.15) is 0 Å². The number of phenolic OH excluding ortho intramolecular Hbond substituents is 1. The molecule has 3 aromatic rings. The standard InChI is InChI=1S/C70H102N4O9/c1-50(2)25-16-26-51(3)27-17-28-52(4)29-18-30-53(5)31-19-32-54(6)33-20-34-55(7)35-21-36-56(8)37-22-38-57(9)39-23-40-58(10)41-24-42-59(11)43-44-61-60(12)68(70(80-15)69(79-14)67(61)76)82-49-64(75)81-48-47-73(13)62-45-46-63(74(77)78)66-65(62)71-83-72-66/h25,27,29,31,33,35,37,39,41,43,45-46,76H,16-24,26,28,30,32,34,36,38,40,42,44,47-49H2,1-15H3/b51-27-,52-29-,53-31-,54-33-,55-35-,56-37-,57-39-,58-41-,59-43-. The summed E-state index contributed by atoms with van der Waals surface area (Å²) in [6, 6.07) is 2.86. The third kappa shape index (κ3) is 26.9. The maximum atomic E-state index is 12.9. The first kappa shape index (κ1) is 70.4. The van der Waals surface area contributed by atoms with Gasteiger partial charge in [0.15, 0.2) is 23.6 Å². The number of allylic oxidation sites excluding steroid dienone is 20. The molecule has 2 aromatic carbocycles. The summed E-state index contributed by atoms with van der Waals surface area (Å²) in [5.74, 6) is -0.137. The van der Waals surface area contributed by atoms with Gasteiger partial charge < -0.3 is 29.0 Å². The monoisotopic (exact) mass is 1140 g/mol. The fourth-order valence-corrected chi connectivity index (χ4v) is 9.67. The van der Waals surface area contributed by atoms with Crippen molar-refractivity contribution in [1.82, 2.24) is 10.3 Å². The van der Waals surface area contributed by atoms with E-state index in [-0.39, 0.29) is 52.9 Å². The van der Waals surface area contributed by atoms with Crippen LogP contribution in [0.15, 0.2) is 133 Å². The third-order valence-electron chi connectivity index (χ3n) is 15.1. The molecule has 0 spiro atoms. The molecule has 0 amide bonds. The maximum absolute atomic E-state index is 12.9. The first-order chi connectivity index (χ1) is 39.6. The Morgan fingerprint density at radius 1 is 0.566 bits per heavy atom. The molecule has 3 rings (SSSR count). The molecule has 0 atom stereocenters. The number of nitro benzene ring substituents is 1. The van der Waals surface area contributed by atoms with Crippen LogP contribution in [0.5, 0.6) is 23.0 Å². The van der Waals surface area contributed by atoms with Crippen LogP contribution in [0.2, 0.25) is 0 Å². The van der Waals surface area contributed by atoms with Gasteiger partial charge in [-0.3, -0.25) is 10.1 Å². The Hall–Kier alpha value is -6.89. The Bertz CT molecular complexity index is 2880. The molecule has 1 heterocycles. The van der Waals surface area contributed by atoms with Crippen molar-refractivity contribution >= 4 is 28.4 Å². The zero-order chi connectivity index (χ0) is 61.3. The number of anilines is 1. The van der Waals surface area contributed by atoms with E-state index in [1.807, 2.05) is 0 Å². The van der Waals surface area contributed by atoms with E-state index in [2.05, 4.69) is 147 Å². The number of hydrogen-bond donors (Lipinski definition) is 1. The molecule has 83 heavy (non-hydrogen) atoms. The fourth-order valence-electron chi connectivity index (χ4n) is 9.67. The van der Waals surface area contributed by atoms with Crippen LogP contribution in [-0.2, 0) is 16.0 Å². The number of carbonyl (C=O) groups excluding carboxylic acids is 1. The Balaban J connectivity index is 1.34. The molecular weight excluding hydrogens is 1040 g/mol. The summed E-state index contributed by atoms with van der Waals surface area (Å²) >= 11 is 0. The van der Waals surface area contributed by atoms with Gasteiger partial charge in [0.05, 0.1) is 31.4 Å². The highest BCUT2D eigenvalue weighted by Crippen LogP contribution is 2.49. The van der Waals surface area contributed by atoms with Crippen LogP contribution >= 0.6 is 0 Å². The minimum Gasteiger partial charge on any atom is -0.504 e. The van der Waals surface area contributed by atoms with E-state index >= 15 is 0 Å². The van der Waals surface area contributed by atoms with E-state index in [0.29, 0.717) is 23.2 Å². The maximum Gasteiger partial charge on any atom is 0.344 e. The van der Waals surface area contributed by atoms with E-state index in [1.165, 1.54) is 88.5 Å². The molecule has 0 saturated carbocycles. The summed E-state index contributed by atoms with van der Waals surface area (Å²) < 4.78 is 27.3. The lowest BCUT2D eigenvalue weighted by molar-refractivity contribution is -0.383. The molecule has 0 bridgehead atoms. The van der Waals surface area contributed by atoms with Gasteiger partial charge in [0, 0.05) is 24.2 Å². The Labute approximate surface area is 498 Å². The third-order valence-corrected chi connectivity index (χ3v) is 15.1. The minimum atomic E-state index is -0.631. The fraction of sp³-hybridized carbons (Fsp3) is 0.529. The van der Waals surface area contributed by atoms with Gasteiger partial charge in [-0.15, -0.1) is 0 Å². The number of methoxy groups -OCH3 is 2. The predicted molar refractivity (Wildman–Crippen MR) is 344 cm³/mol. The number of rotatable bonds is 39. The van der Waals surface area contributed by atoms with E-state index in [4.69, 9.17) is 23.6 Å². The summed E-state index contributed by atoms with van der Waals surface area (Å²) in [5, 5.41) is 30.2. The number of nitro groups is 1. The summed E-state index contributed by atoms with van der Waals surface area (Å²) in [6.45, 7) is 26.2. The summed E-state index contributed by atoms with van der Waals surface area (Å²) in [7, 11) is 4.60. The average molecular weight is 1140 g/mol. The number of likely N-dealkylation sites (N-methyl/N-ethyl adjacent to an activating group) is 1. The van der Waals surface area contributed by atoms with E-state index in [1.54, 1.807) is 18.9 Å². The molecule has 13 nitrogen and oxygen atoms in total. The van der Waals surface area contributed by atoms with Crippen molar-refractivity contribution in [2.45, 2.75) is 205 Å². The molecule has 0 fully saturated rings. The number of aromatic hydroxyl groups is 1. The highest BCUT2D eigenvalue weighted by molar-refractivity contribution is 5.93. The van der Waals surface area contributed by atoms with Gasteiger partial charge in [0.1, 0.15) is 6.61 Å². The predicted octanol–water partition coefficient (Wildman–Crippen LogP) is 19.3. The SMILES string of the molecule is COc1c(O)c(C/C=C(/C)CC/C=C(/C)CC/C=C(/C)CC/C=C(/C)CC/C=C(/C)CC/C=C(/C)CC/C=C(/C)CC/C=C(/C)CC/C=C(/C)CCC=C(C)C)c(C)c(OCC(=O)OCCN(C)c2ccc([N+](=O)[O-])c3nonc23)c1OC. The number of hydrogen-bond acceptors (Lipinski definition) is 12. The molecule has 1 aromatic heterocycles. The highest BCUT2D eigenvalue weighted by atomic mass is 16.6. The number of esters is 1. The second-order valence-corrected chi connectivity index (χ2v) is 22.9. The van der Waals surface area contributed by atoms with Crippen LogP contribution in [0.1, 0.15) is 203 Å². The van der Waals surface area contributed by atoms with Crippen LogP contribution < -0.4 is 19.1 Å². The Kier molecular flexibility index (Phi) is 32.9.